The highest BCUT2D eigenvalue weighted by molar-refractivity contribution is 6.30. The van der Waals surface area contributed by atoms with Crippen molar-refractivity contribution in [1.82, 2.24) is 10.9 Å². The van der Waals surface area contributed by atoms with Gasteiger partial charge in [0, 0.05) is 29.2 Å². The molecule has 1 fully saturated rings. The SMILES string of the molecule is Cc1ccc(C(C)C)c(Oc2ccc(N3C[C@H](C(=O)OCC(=O)NNC(=O)c4ccc(Cl)cc4)CC3=O)cc2)c1. The second-order valence-corrected chi connectivity index (χ2v) is 10.3. The lowest BCUT2D eigenvalue weighted by Gasteiger charge is -2.18. The van der Waals surface area contributed by atoms with Gasteiger partial charge < -0.3 is 14.4 Å². The van der Waals surface area contributed by atoms with Gasteiger partial charge in [-0.1, -0.05) is 37.6 Å². The van der Waals surface area contributed by atoms with E-state index in [0.717, 1.165) is 16.9 Å². The molecule has 0 aliphatic carbocycles. The van der Waals surface area contributed by atoms with Crippen LogP contribution in [0.1, 0.15) is 47.7 Å². The number of ether oxygens (including phenoxy) is 2. The minimum Gasteiger partial charge on any atom is -0.457 e. The summed E-state index contributed by atoms with van der Waals surface area (Å²) in [5.41, 5.74) is 7.53. The van der Waals surface area contributed by atoms with E-state index in [-0.39, 0.29) is 18.9 Å². The van der Waals surface area contributed by atoms with Crippen LogP contribution in [0.4, 0.5) is 5.69 Å². The predicted molar refractivity (Wildman–Crippen MR) is 150 cm³/mol. The van der Waals surface area contributed by atoms with E-state index in [9.17, 15) is 19.2 Å². The monoisotopic (exact) mass is 563 g/mol. The van der Waals surface area contributed by atoms with Gasteiger partial charge in [-0.25, -0.2) is 0 Å². The van der Waals surface area contributed by atoms with Crippen molar-refractivity contribution < 1.29 is 28.7 Å². The van der Waals surface area contributed by atoms with E-state index >= 15 is 0 Å². The minimum atomic E-state index is -0.722. The maximum absolute atomic E-state index is 12.6. The van der Waals surface area contributed by atoms with Crippen molar-refractivity contribution in [3.8, 4) is 11.5 Å². The van der Waals surface area contributed by atoms with E-state index in [4.69, 9.17) is 21.1 Å². The molecule has 1 saturated heterocycles. The molecule has 3 amide bonds. The molecule has 0 bridgehead atoms. The first-order valence-corrected chi connectivity index (χ1v) is 13.2. The van der Waals surface area contributed by atoms with E-state index in [2.05, 4.69) is 36.8 Å². The Labute approximate surface area is 237 Å². The number of rotatable bonds is 8. The van der Waals surface area contributed by atoms with E-state index < -0.39 is 30.3 Å². The third-order valence-electron chi connectivity index (χ3n) is 6.39. The zero-order valence-electron chi connectivity index (χ0n) is 22.4. The van der Waals surface area contributed by atoms with Gasteiger partial charge >= 0.3 is 5.97 Å². The maximum Gasteiger partial charge on any atom is 0.311 e. The standard InChI is InChI=1S/C30H30ClN3O6/c1-18(2)25-13-4-19(3)14-26(25)40-24-11-9-23(10-12-24)34-16-21(15-28(34)36)30(38)39-17-27(35)32-33-29(37)20-5-7-22(31)8-6-20/h4-14,18,21H,15-17H2,1-3H3,(H,32,35)(H,33,37)/t21-/m1/s1. The molecule has 1 heterocycles. The number of benzene rings is 3. The zero-order chi connectivity index (χ0) is 28.8. The van der Waals surface area contributed by atoms with Crippen LogP contribution in [0.15, 0.2) is 66.7 Å². The largest absolute Gasteiger partial charge is 0.457 e. The van der Waals surface area contributed by atoms with Crippen LogP contribution in [0.5, 0.6) is 11.5 Å². The third kappa shape index (κ3) is 7.18. The van der Waals surface area contributed by atoms with Crippen molar-refractivity contribution in [2.75, 3.05) is 18.1 Å². The molecule has 0 unspecified atom stereocenters. The molecule has 9 nitrogen and oxygen atoms in total. The first-order valence-electron chi connectivity index (χ1n) is 12.8. The molecular weight excluding hydrogens is 534 g/mol. The van der Waals surface area contributed by atoms with Crippen LogP contribution in [0.25, 0.3) is 0 Å². The Bertz CT molecular complexity index is 1410. The van der Waals surface area contributed by atoms with Crippen molar-refractivity contribution in [3.63, 3.8) is 0 Å². The number of halogens is 1. The Morgan fingerprint density at radius 1 is 1.00 bits per heavy atom. The van der Waals surface area contributed by atoms with Crippen LogP contribution < -0.4 is 20.5 Å². The molecule has 10 heteroatoms. The van der Waals surface area contributed by atoms with Crippen LogP contribution >= 0.6 is 11.6 Å². The van der Waals surface area contributed by atoms with Crippen LogP contribution in [0.3, 0.4) is 0 Å². The quantitative estimate of drug-likeness (QED) is 0.297. The van der Waals surface area contributed by atoms with Crippen LogP contribution in [0.2, 0.25) is 5.02 Å². The van der Waals surface area contributed by atoms with Crippen LogP contribution in [-0.4, -0.2) is 36.8 Å². The van der Waals surface area contributed by atoms with Crippen molar-refractivity contribution in [3.05, 3.63) is 88.4 Å². The molecule has 2 N–H and O–H groups in total. The molecule has 3 aromatic rings. The molecule has 3 aromatic carbocycles. The van der Waals surface area contributed by atoms with Crippen LogP contribution in [-0.2, 0) is 19.1 Å². The average molecular weight is 564 g/mol. The lowest BCUT2D eigenvalue weighted by atomic mass is 10.0. The summed E-state index contributed by atoms with van der Waals surface area (Å²) >= 11 is 5.79. The summed E-state index contributed by atoms with van der Waals surface area (Å²) in [5, 5.41) is 0.473. The van der Waals surface area contributed by atoms with Crippen molar-refractivity contribution >= 4 is 41.0 Å². The Kier molecular flexibility index (Phi) is 9.06. The molecule has 40 heavy (non-hydrogen) atoms. The number of hydrogen-bond acceptors (Lipinski definition) is 6. The highest BCUT2D eigenvalue weighted by Gasteiger charge is 2.36. The smallest absolute Gasteiger partial charge is 0.311 e. The first kappa shape index (κ1) is 28.6. The first-order chi connectivity index (χ1) is 19.1. The van der Waals surface area contributed by atoms with Gasteiger partial charge in [0.2, 0.25) is 5.91 Å². The fourth-order valence-electron chi connectivity index (χ4n) is 4.23. The fraction of sp³-hybridized carbons (Fsp3) is 0.267. The number of carbonyl (C=O) groups excluding carboxylic acids is 4. The van der Waals surface area contributed by atoms with E-state index in [1.54, 1.807) is 36.4 Å². The van der Waals surface area contributed by atoms with Gasteiger partial charge in [0.25, 0.3) is 11.8 Å². The highest BCUT2D eigenvalue weighted by atomic mass is 35.5. The Hall–Kier alpha value is -4.37. The number of anilines is 1. The van der Waals surface area contributed by atoms with Gasteiger partial charge in [-0.2, -0.15) is 0 Å². The molecule has 1 atom stereocenters. The van der Waals surface area contributed by atoms with Crippen LogP contribution in [0, 0.1) is 12.8 Å². The number of hydrazine groups is 1. The number of nitrogens with zero attached hydrogens (tertiary/aromatic N) is 1. The third-order valence-corrected chi connectivity index (χ3v) is 6.65. The average Bonchev–Trinajstić information content (AvgIpc) is 3.32. The summed E-state index contributed by atoms with van der Waals surface area (Å²) in [5.74, 6) is -1.17. The Morgan fingerprint density at radius 3 is 2.38 bits per heavy atom. The number of nitrogens with one attached hydrogen (secondary N) is 2. The normalized spacial score (nSPS) is 14.7. The lowest BCUT2D eigenvalue weighted by Crippen LogP contribution is -2.43. The Balaban J connectivity index is 1.27. The summed E-state index contributed by atoms with van der Waals surface area (Å²) in [6, 6.07) is 19.3. The summed E-state index contributed by atoms with van der Waals surface area (Å²) < 4.78 is 11.2. The van der Waals surface area contributed by atoms with Gasteiger partial charge in [0.1, 0.15) is 11.5 Å². The van der Waals surface area contributed by atoms with Crippen molar-refractivity contribution in [2.24, 2.45) is 5.92 Å². The van der Waals surface area contributed by atoms with Gasteiger partial charge in [0.15, 0.2) is 6.61 Å². The molecule has 0 saturated carbocycles. The number of carbonyl (C=O) groups is 4. The number of esters is 1. The second kappa shape index (κ2) is 12.7. The summed E-state index contributed by atoms with van der Waals surface area (Å²) in [4.78, 5) is 50.8. The fourth-order valence-corrected chi connectivity index (χ4v) is 4.36. The molecular formula is C30H30ClN3O6. The molecule has 0 aromatic heterocycles. The molecule has 208 valence electrons. The highest BCUT2D eigenvalue weighted by Crippen LogP contribution is 2.33. The molecule has 0 radical (unpaired) electrons. The lowest BCUT2D eigenvalue weighted by molar-refractivity contribution is -0.152. The molecule has 1 aliphatic rings. The number of aryl methyl sites for hydroxylation is 1. The summed E-state index contributed by atoms with van der Waals surface area (Å²) in [6.07, 6.45) is -0.0347. The molecule has 0 spiro atoms. The van der Waals surface area contributed by atoms with E-state index in [1.807, 2.05) is 13.0 Å². The van der Waals surface area contributed by atoms with Gasteiger partial charge in [0.05, 0.1) is 5.92 Å². The van der Waals surface area contributed by atoms with Gasteiger partial charge in [-0.3, -0.25) is 30.0 Å². The topological polar surface area (TPSA) is 114 Å². The number of hydrogen-bond donors (Lipinski definition) is 2. The maximum atomic E-state index is 12.6. The predicted octanol–water partition coefficient (Wildman–Crippen LogP) is 4.92. The van der Waals surface area contributed by atoms with Gasteiger partial charge in [-0.15, -0.1) is 0 Å². The summed E-state index contributed by atoms with van der Waals surface area (Å²) in [6.45, 7) is 5.74. The number of amides is 3. The molecule has 4 rings (SSSR count). The minimum absolute atomic E-state index is 0.0347. The van der Waals surface area contributed by atoms with E-state index in [1.165, 1.54) is 17.0 Å². The second-order valence-electron chi connectivity index (χ2n) is 9.81. The molecule has 1 aliphatic heterocycles. The Morgan fingerprint density at radius 2 is 1.70 bits per heavy atom. The summed E-state index contributed by atoms with van der Waals surface area (Å²) in [7, 11) is 0. The van der Waals surface area contributed by atoms with Crippen molar-refractivity contribution in [2.45, 2.75) is 33.1 Å². The van der Waals surface area contributed by atoms with Crippen molar-refractivity contribution in [1.29, 1.82) is 0 Å². The van der Waals surface area contributed by atoms with E-state index in [0.29, 0.717) is 27.9 Å². The van der Waals surface area contributed by atoms with Gasteiger partial charge in [-0.05, 0) is 78.6 Å². The zero-order valence-corrected chi connectivity index (χ0v) is 23.2.